The van der Waals surface area contributed by atoms with Crippen LogP contribution in [0.3, 0.4) is 0 Å². The largest absolute Gasteiger partial charge is 0.465 e. The number of aromatic nitrogens is 1. The molecule has 0 radical (unpaired) electrons. The van der Waals surface area contributed by atoms with E-state index in [2.05, 4.69) is 24.1 Å². The van der Waals surface area contributed by atoms with Crippen LogP contribution in [-0.4, -0.2) is 17.6 Å². The molecular weight excluding hydrogens is 274 g/mol. The number of aryl methyl sites for hydroxylation is 1. The highest BCUT2D eigenvalue weighted by Gasteiger charge is 2.15. The quantitative estimate of drug-likeness (QED) is 0.505. The number of benzene rings is 1. The molecule has 1 aromatic carbocycles. The number of carbonyl (C=O) groups excluding carboxylic acids is 1. The third-order valence-electron chi connectivity index (χ3n) is 4.05. The Balaban J connectivity index is 2.26. The molecule has 22 heavy (non-hydrogen) atoms. The minimum Gasteiger partial charge on any atom is -0.465 e. The molecule has 118 valence electrons. The number of rotatable bonds is 8. The van der Waals surface area contributed by atoms with Crippen molar-refractivity contribution < 1.29 is 9.53 Å². The van der Waals surface area contributed by atoms with E-state index in [4.69, 9.17) is 4.74 Å². The van der Waals surface area contributed by atoms with Gasteiger partial charge >= 0.3 is 5.97 Å². The monoisotopic (exact) mass is 299 g/mol. The van der Waals surface area contributed by atoms with Crippen LogP contribution in [0.5, 0.6) is 0 Å². The lowest BCUT2D eigenvalue weighted by atomic mass is 10.1. The second-order valence-corrected chi connectivity index (χ2v) is 5.62. The van der Waals surface area contributed by atoms with Crippen molar-refractivity contribution in [3.8, 4) is 0 Å². The van der Waals surface area contributed by atoms with Crippen LogP contribution in [0.1, 0.15) is 54.9 Å². The van der Waals surface area contributed by atoms with Crippen LogP contribution in [0, 0.1) is 0 Å². The summed E-state index contributed by atoms with van der Waals surface area (Å²) in [5.41, 5.74) is 2.73. The summed E-state index contributed by atoms with van der Waals surface area (Å²) in [6.45, 7) is 6.95. The van der Waals surface area contributed by atoms with Crippen LogP contribution >= 0.6 is 0 Å². The lowest BCUT2D eigenvalue weighted by Crippen LogP contribution is -2.00. The van der Waals surface area contributed by atoms with E-state index in [1.54, 1.807) is 6.08 Å². The van der Waals surface area contributed by atoms with Gasteiger partial charge in [0.2, 0.25) is 0 Å². The lowest BCUT2D eigenvalue weighted by molar-refractivity contribution is 0.0602. The van der Waals surface area contributed by atoms with Crippen LogP contribution in [0.2, 0.25) is 0 Å². The molecule has 1 heterocycles. The van der Waals surface area contributed by atoms with Crippen molar-refractivity contribution in [2.75, 3.05) is 7.11 Å². The molecule has 0 aliphatic carbocycles. The normalized spacial score (nSPS) is 10.8. The van der Waals surface area contributed by atoms with Gasteiger partial charge in [0.25, 0.3) is 0 Å². The van der Waals surface area contributed by atoms with Crippen LogP contribution in [0.25, 0.3) is 17.0 Å². The number of carbonyl (C=O) groups is 1. The summed E-state index contributed by atoms with van der Waals surface area (Å²) < 4.78 is 7.08. The number of unbranched alkanes of at least 4 members (excludes halogenated alkanes) is 4. The molecule has 3 heteroatoms. The van der Waals surface area contributed by atoms with Crippen molar-refractivity contribution in [2.45, 2.75) is 45.6 Å². The smallest absolute Gasteiger partial charge is 0.340 e. The highest BCUT2D eigenvalue weighted by molar-refractivity contribution is 6.04. The number of hydrogen-bond acceptors (Lipinski definition) is 2. The molecular formula is C19H25NO2. The van der Waals surface area contributed by atoms with Crippen LogP contribution < -0.4 is 0 Å². The van der Waals surface area contributed by atoms with E-state index in [0.717, 1.165) is 29.4 Å². The molecule has 0 aliphatic rings. The first-order chi connectivity index (χ1) is 10.7. The number of ether oxygens (including phenoxy) is 1. The Hall–Kier alpha value is -2.03. The van der Waals surface area contributed by atoms with E-state index in [9.17, 15) is 4.79 Å². The first-order valence-corrected chi connectivity index (χ1v) is 8.05. The molecule has 1 aromatic heterocycles. The van der Waals surface area contributed by atoms with Gasteiger partial charge in [-0.15, -0.1) is 0 Å². The summed E-state index contributed by atoms with van der Waals surface area (Å²) in [5.74, 6) is -0.282. The van der Waals surface area contributed by atoms with E-state index in [0.29, 0.717) is 5.56 Å². The molecule has 0 spiro atoms. The van der Waals surface area contributed by atoms with Gasteiger partial charge in [-0.1, -0.05) is 51.3 Å². The summed E-state index contributed by atoms with van der Waals surface area (Å²) in [7, 11) is 1.42. The summed E-state index contributed by atoms with van der Waals surface area (Å²) >= 11 is 0. The SMILES string of the molecule is C=Cc1ccc2c(c1)c(C(=O)OC)cn2CCCCCCC. The number of fused-ring (bicyclic) bond motifs is 1. The Morgan fingerprint density at radius 1 is 1.27 bits per heavy atom. The van der Waals surface area contributed by atoms with Gasteiger partial charge in [0.15, 0.2) is 0 Å². The van der Waals surface area contributed by atoms with Crippen molar-refractivity contribution in [1.29, 1.82) is 0 Å². The number of nitrogens with zero attached hydrogens (tertiary/aromatic N) is 1. The fourth-order valence-electron chi connectivity index (χ4n) is 2.79. The van der Waals surface area contributed by atoms with E-state index < -0.39 is 0 Å². The minimum atomic E-state index is -0.282. The van der Waals surface area contributed by atoms with Crippen molar-refractivity contribution >= 4 is 22.9 Å². The van der Waals surface area contributed by atoms with Gasteiger partial charge in [-0.25, -0.2) is 4.79 Å². The molecule has 0 fully saturated rings. The summed E-state index contributed by atoms with van der Waals surface area (Å²) in [6, 6.07) is 6.09. The van der Waals surface area contributed by atoms with Gasteiger partial charge in [0.05, 0.1) is 12.7 Å². The Morgan fingerprint density at radius 2 is 2.05 bits per heavy atom. The second-order valence-electron chi connectivity index (χ2n) is 5.62. The first-order valence-electron chi connectivity index (χ1n) is 8.05. The minimum absolute atomic E-state index is 0.282. The Kier molecular flexibility index (Phi) is 5.82. The highest BCUT2D eigenvalue weighted by atomic mass is 16.5. The van der Waals surface area contributed by atoms with Crippen molar-refractivity contribution in [1.82, 2.24) is 4.57 Å². The average Bonchev–Trinajstić information content (AvgIpc) is 2.91. The first kappa shape index (κ1) is 16.3. The number of esters is 1. The van der Waals surface area contributed by atoms with Crippen molar-refractivity contribution in [3.05, 3.63) is 42.1 Å². The van der Waals surface area contributed by atoms with Crippen LogP contribution in [0.4, 0.5) is 0 Å². The maximum atomic E-state index is 12.0. The van der Waals surface area contributed by atoms with Crippen LogP contribution in [-0.2, 0) is 11.3 Å². The molecule has 3 nitrogen and oxygen atoms in total. The van der Waals surface area contributed by atoms with Gasteiger partial charge in [-0.2, -0.15) is 0 Å². The second kappa shape index (κ2) is 7.83. The van der Waals surface area contributed by atoms with Crippen molar-refractivity contribution in [2.24, 2.45) is 0 Å². The van der Waals surface area contributed by atoms with Gasteiger partial charge in [0.1, 0.15) is 0 Å². The molecule has 0 saturated heterocycles. The molecule has 0 amide bonds. The fourth-order valence-corrected chi connectivity index (χ4v) is 2.79. The van der Waals surface area contributed by atoms with E-state index in [-0.39, 0.29) is 5.97 Å². The molecule has 2 rings (SSSR count). The molecule has 0 unspecified atom stereocenters. The van der Waals surface area contributed by atoms with Gasteiger partial charge in [-0.05, 0) is 24.1 Å². The zero-order valence-electron chi connectivity index (χ0n) is 13.6. The third kappa shape index (κ3) is 3.59. The maximum absolute atomic E-state index is 12.0. The number of methoxy groups -OCH3 is 1. The van der Waals surface area contributed by atoms with Crippen LogP contribution in [0.15, 0.2) is 31.0 Å². The average molecular weight is 299 g/mol. The lowest BCUT2D eigenvalue weighted by Gasteiger charge is -2.05. The van der Waals surface area contributed by atoms with E-state index >= 15 is 0 Å². The summed E-state index contributed by atoms with van der Waals surface area (Å²) in [4.78, 5) is 12.0. The molecule has 2 aromatic rings. The van der Waals surface area contributed by atoms with Gasteiger partial charge in [-0.3, -0.25) is 0 Å². The number of hydrogen-bond donors (Lipinski definition) is 0. The fraction of sp³-hybridized carbons (Fsp3) is 0.421. The third-order valence-corrected chi connectivity index (χ3v) is 4.05. The predicted octanol–water partition coefficient (Wildman–Crippen LogP) is 5.04. The summed E-state index contributed by atoms with van der Waals surface area (Å²) in [5, 5.41) is 0.942. The Morgan fingerprint density at radius 3 is 2.73 bits per heavy atom. The maximum Gasteiger partial charge on any atom is 0.340 e. The highest BCUT2D eigenvalue weighted by Crippen LogP contribution is 2.25. The van der Waals surface area contributed by atoms with E-state index in [1.807, 2.05) is 18.3 Å². The standard InChI is InChI=1S/C19H25NO2/c1-4-6-7-8-9-12-20-14-17(19(21)22-3)16-13-15(5-2)10-11-18(16)20/h5,10-11,13-14H,2,4,6-9,12H2,1,3H3. The van der Waals surface area contributed by atoms with E-state index in [1.165, 1.54) is 32.8 Å². The molecule has 0 atom stereocenters. The van der Waals surface area contributed by atoms with Gasteiger partial charge in [0, 0.05) is 23.6 Å². The Labute approximate surface area is 132 Å². The zero-order chi connectivity index (χ0) is 15.9. The Bertz CT molecular complexity index is 655. The van der Waals surface area contributed by atoms with Gasteiger partial charge < -0.3 is 9.30 Å². The molecule has 0 N–H and O–H groups in total. The predicted molar refractivity (Wildman–Crippen MR) is 92.1 cm³/mol. The molecule has 0 aliphatic heterocycles. The topological polar surface area (TPSA) is 31.2 Å². The van der Waals surface area contributed by atoms with Crippen molar-refractivity contribution in [3.63, 3.8) is 0 Å². The molecule has 0 saturated carbocycles. The zero-order valence-corrected chi connectivity index (χ0v) is 13.6. The summed E-state index contributed by atoms with van der Waals surface area (Å²) in [6.07, 6.45) is 9.90. The molecule has 0 bridgehead atoms.